The van der Waals surface area contributed by atoms with E-state index in [0.29, 0.717) is 5.96 Å². The van der Waals surface area contributed by atoms with Crippen LogP contribution in [0.15, 0.2) is 11.3 Å². The lowest BCUT2D eigenvalue weighted by Crippen LogP contribution is -2.47. The minimum Gasteiger partial charge on any atom is -0.357 e. The predicted octanol–water partition coefficient (Wildman–Crippen LogP) is -0.146. The number of fused-ring (bicyclic) bond motifs is 1. The molecule has 1 aliphatic heterocycles. The summed E-state index contributed by atoms with van der Waals surface area (Å²) < 4.78 is 1.91. The summed E-state index contributed by atoms with van der Waals surface area (Å²) in [7, 11) is 3.46. The third kappa shape index (κ3) is 5.11. The van der Waals surface area contributed by atoms with E-state index >= 15 is 0 Å². The molecular formula is C13H24IN7O. The number of hydrogen-bond acceptors (Lipinski definition) is 4. The van der Waals surface area contributed by atoms with E-state index in [0.717, 1.165) is 31.8 Å². The van der Waals surface area contributed by atoms with E-state index in [1.54, 1.807) is 20.4 Å². The van der Waals surface area contributed by atoms with E-state index in [1.807, 2.05) is 11.6 Å². The van der Waals surface area contributed by atoms with E-state index in [9.17, 15) is 4.79 Å². The Morgan fingerprint density at radius 3 is 3.00 bits per heavy atom. The van der Waals surface area contributed by atoms with Crippen molar-refractivity contribution in [1.82, 2.24) is 30.3 Å². The van der Waals surface area contributed by atoms with Gasteiger partial charge in [0.15, 0.2) is 5.96 Å². The molecule has 0 radical (unpaired) electrons. The van der Waals surface area contributed by atoms with Gasteiger partial charge in [0.05, 0.1) is 6.54 Å². The number of amides is 1. The van der Waals surface area contributed by atoms with E-state index in [2.05, 4.69) is 25.7 Å². The zero-order chi connectivity index (χ0) is 15.2. The van der Waals surface area contributed by atoms with Crippen LogP contribution in [0.25, 0.3) is 0 Å². The van der Waals surface area contributed by atoms with E-state index in [1.165, 1.54) is 4.90 Å². The lowest BCUT2D eigenvalue weighted by molar-refractivity contribution is -0.127. The van der Waals surface area contributed by atoms with Gasteiger partial charge < -0.3 is 15.5 Å². The minimum absolute atomic E-state index is 0. The van der Waals surface area contributed by atoms with E-state index < -0.39 is 0 Å². The largest absolute Gasteiger partial charge is 0.357 e. The zero-order valence-electron chi connectivity index (χ0n) is 13.2. The number of hydrogen-bond donors (Lipinski definition) is 2. The number of aliphatic imine (C=N–C) groups is 1. The van der Waals surface area contributed by atoms with Crippen molar-refractivity contribution in [3.05, 3.63) is 12.2 Å². The highest BCUT2D eigenvalue weighted by atomic mass is 127. The van der Waals surface area contributed by atoms with Gasteiger partial charge in [-0.05, 0) is 13.3 Å². The Morgan fingerprint density at radius 1 is 1.55 bits per heavy atom. The van der Waals surface area contributed by atoms with Gasteiger partial charge in [0.2, 0.25) is 5.91 Å². The molecule has 0 spiro atoms. The molecule has 0 bridgehead atoms. The fourth-order valence-electron chi connectivity index (χ4n) is 2.16. The fraction of sp³-hybridized carbons (Fsp3) is 0.692. The van der Waals surface area contributed by atoms with Crippen LogP contribution < -0.4 is 10.6 Å². The molecule has 1 aromatic rings. The monoisotopic (exact) mass is 421 g/mol. The molecular weight excluding hydrogens is 397 g/mol. The van der Waals surface area contributed by atoms with E-state index in [-0.39, 0.29) is 42.5 Å². The van der Waals surface area contributed by atoms with Crippen molar-refractivity contribution >= 4 is 35.8 Å². The molecule has 124 valence electrons. The van der Waals surface area contributed by atoms with Crippen molar-refractivity contribution in [3.8, 4) is 0 Å². The first-order valence-corrected chi connectivity index (χ1v) is 7.21. The molecule has 2 heterocycles. The minimum atomic E-state index is -0.0191. The van der Waals surface area contributed by atoms with Gasteiger partial charge in [0, 0.05) is 33.1 Å². The molecule has 22 heavy (non-hydrogen) atoms. The Bertz CT molecular complexity index is 514. The summed E-state index contributed by atoms with van der Waals surface area (Å²) in [6, 6.07) is 0.242. The smallest absolute Gasteiger partial charge is 0.243 e. The lowest BCUT2D eigenvalue weighted by atomic mass is 10.1. The predicted molar refractivity (Wildman–Crippen MR) is 95.4 cm³/mol. The molecule has 0 fully saturated rings. The number of nitrogens with zero attached hydrogens (tertiary/aromatic N) is 5. The summed E-state index contributed by atoms with van der Waals surface area (Å²) in [6.45, 7) is 3.66. The molecule has 0 aromatic carbocycles. The standard InChI is InChI=1S/C13H23N7O.HI/c1-4-14-13(15-7-12(21)19(2)3)18-10-5-6-11-16-9-17-20(11)8-10;/h9-10H,4-8H2,1-3H3,(H2,14,15,18);1H. The third-order valence-electron chi connectivity index (χ3n) is 3.36. The van der Waals surface area contributed by atoms with Crippen LogP contribution in [0.4, 0.5) is 0 Å². The Hall–Kier alpha value is -1.39. The second kappa shape index (κ2) is 8.91. The van der Waals surface area contributed by atoms with Crippen LogP contribution in [-0.2, 0) is 17.8 Å². The lowest BCUT2D eigenvalue weighted by Gasteiger charge is -2.25. The maximum Gasteiger partial charge on any atom is 0.243 e. The van der Waals surface area contributed by atoms with Gasteiger partial charge in [-0.2, -0.15) is 5.10 Å². The van der Waals surface area contributed by atoms with Crippen LogP contribution in [-0.4, -0.2) is 64.8 Å². The average Bonchev–Trinajstić information content (AvgIpc) is 2.92. The van der Waals surface area contributed by atoms with Gasteiger partial charge in [-0.15, -0.1) is 24.0 Å². The number of nitrogens with one attached hydrogen (secondary N) is 2. The first kappa shape index (κ1) is 18.7. The van der Waals surface area contributed by atoms with Crippen LogP contribution in [0.1, 0.15) is 19.2 Å². The summed E-state index contributed by atoms with van der Waals surface area (Å²) in [6.07, 6.45) is 3.46. The Kier molecular flexibility index (Phi) is 7.56. The first-order chi connectivity index (χ1) is 10.1. The number of carbonyl (C=O) groups excluding carboxylic acids is 1. The number of guanidine groups is 1. The molecule has 0 saturated heterocycles. The van der Waals surface area contributed by atoms with Crippen molar-refractivity contribution in [2.24, 2.45) is 4.99 Å². The quantitative estimate of drug-likeness (QED) is 0.402. The van der Waals surface area contributed by atoms with Crippen LogP contribution in [0, 0.1) is 0 Å². The summed E-state index contributed by atoms with van der Waals surface area (Å²) in [5.41, 5.74) is 0. The van der Waals surface area contributed by atoms with Crippen molar-refractivity contribution in [2.75, 3.05) is 27.2 Å². The van der Waals surface area contributed by atoms with Crippen LogP contribution in [0.2, 0.25) is 0 Å². The average molecular weight is 421 g/mol. The summed E-state index contributed by atoms with van der Waals surface area (Å²) in [4.78, 5) is 21.7. The number of likely N-dealkylation sites (N-methyl/N-ethyl adjacent to an activating group) is 1. The molecule has 8 nitrogen and oxygen atoms in total. The van der Waals surface area contributed by atoms with Crippen molar-refractivity contribution in [2.45, 2.75) is 32.4 Å². The molecule has 9 heteroatoms. The molecule has 1 atom stereocenters. The molecule has 0 saturated carbocycles. The second-order valence-corrected chi connectivity index (χ2v) is 5.22. The van der Waals surface area contributed by atoms with Crippen LogP contribution >= 0.6 is 24.0 Å². The van der Waals surface area contributed by atoms with Gasteiger partial charge in [-0.1, -0.05) is 0 Å². The SMILES string of the molecule is CCNC(=NCC(=O)N(C)C)NC1CCc2ncnn2C1.I. The normalized spacial score (nSPS) is 17.2. The second-order valence-electron chi connectivity index (χ2n) is 5.22. The van der Waals surface area contributed by atoms with Gasteiger partial charge in [-0.3, -0.25) is 4.79 Å². The highest BCUT2D eigenvalue weighted by Gasteiger charge is 2.20. The number of aryl methyl sites for hydroxylation is 1. The number of rotatable bonds is 4. The van der Waals surface area contributed by atoms with Crippen LogP contribution in [0.3, 0.4) is 0 Å². The Balaban J connectivity index is 0.00000242. The van der Waals surface area contributed by atoms with Gasteiger partial charge in [0.25, 0.3) is 0 Å². The highest BCUT2D eigenvalue weighted by molar-refractivity contribution is 14.0. The van der Waals surface area contributed by atoms with Gasteiger partial charge in [-0.25, -0.2) is 14.7 Å². The molecule has 2 rings (SSSR count). The molecule has 1 amide bonds. The molecule has 0 aliphatic carbocycles. The van der Waals surface area contributed by atoms with Crippen molar-refractivity contribution < 1.29 is 4.79 Å². The molecule has 1 aromatic heterocycles. The zero-order valence-corrected chi connectivity index (χ0v) is 15.6. The maximum absolute atomic E-state index is 11.6. The van der Waals surface area contributed by atoms with Crippen molar-refractivity contribution in [1.29, 1.82) is 0 Å². The Morgan fingerprint density at radius 2 is 2.32 bits per heavy atom. The number of carbonyl (C=O) groups is 1. The van der Waals surface area contributed by atoms with Crippen LogP contribution in [0.5, 0.6) is 0 Å². The number of aromatic nitrogens is 3. The first-order valence-electron chi connectivity index (χ1n) is 7.21. The summed E-state index contributed by atoms with van der Waals surface area (Å²) in [5, 5.41) is 10.7. The van der Waals surface area contributed by atoms with Gasteiger partial charge >= 0.3 is 0 Å². The topological polar surface area (TPSA) is 87.4 Å². The summed E-state index contributed by atoms with van der Waals surface area (Å²) >= 11 is 0. The van der Waals surface area contributed by atoms with E-state index in [4.69, 9.17) is 0 Å². The molecule has 1 unspecified atom stereocenters. The third-order valence-corrected chi connectivity index (χ3v) is 3.36. The highest BCUT2D eigenvalue weighted by Crippen LogP contribution is 2.11. The maximum atomic E-state index is 11.6. The van der Waals surface area contributed by atoms with Gasteiger partial charge in [0.1, 0.15) is 18.7 Å². The summed E-state index contributed by atoms with van der Waals surface area (Å²) in [5.74, 6) is 1.67. The molecule has 2 N–H and O–H groups in total. The molecule has 1 aliphatic rings. The Labute approximate surface area is 147 Å². The number of halogens is 1. The fourth-order valence-corrected chi connectivity index (χ4v) is 2.16. The van der Waals surface area contributed by atoms with Crippen molar-refractivity contribution in [3.63, 3.8) is 0 Å².